The van der Waals surface area contributed by atoms with Gasteiger partial charge < -0.3 is 10.1 Å². The molecule has 0 saturated carbocycles. The Kier molecular flexibility index (Phi) is 5.10. The van der Waals surface area contributed by atoms with Crippen LogP contribution in [0.3, 0.4) is 0 Å². The fourth-order valence-corrected chi connectivity index (χ4v) is 1.69. The molecule has 0 aliphatic heterocycles. The standard InChI is InChI=1S/C13H18FNO2/c1-9(7-13(16)17-3)15-10(2)11-5-4-6-12(14)8-11/h4-6,8-10,15H,7H2,1-3H3. The van der Waals surface area contributed by atoms with Gasteiger partial charge in [-0.05, 0) is 31.5 Å². The van der Waals surface area contributed by atoms with E-state index in [-0.39, 0.29) is 23.9 Å². The van der Waals surface area contributed by atoms with Crippen molar-refractivity contribution < 1.29 is 13.9 Å². The normalized spacial score (nSPS) is 14.1. The van der Waals surface area contributed by atoms with Gasteiger partial charge in [-0.3, -0.25) is 4.79 Å². The maximum absolute atomic E-state index is 13.0. The van der Waals surface area contributed by atoms with Gasteiger partial charge in [-0.15, -0.1) is 0 Å². The third-order valence-corrected chi connectivity index (χ3v) is 2.58. The molecule has 3 nitrogen and oxygen atoms in total. The number of halogens is 1. The molecule has 0 aromatic heterocycles. The van der Waals surface area contributed by atoms with Crippen LogP contribution >= 0.6 is 0 Å². The van der Waals surface area contributed by atoms with Crippen LogP contribution in [0, 0.1) is 5.82 Å². The van der Waals surface area contributed by atoms with Crippen molar-refractivity contribution in [3.63, 3.8) is 0 Å². The molecule has 0 aliphatic rings. The van der Waals surface area contributed by atoms with E-state index in [2.05, 4.69) is 10.1 Å². The van der Waals surface area contributed by atoms with Crippen molar-refractivity contribution in [1.29, 1.82) is 0 Å². The molecule has 2 unspecified atom stereocenters. The summed E-state index contributed by atoms with van der Waals surface area (Å²) in [5, 5.41) is 3.22. The molecule has 1 aromatic carbocycles. The molecule has 1 rings (SSSR count). The van der Waals surface area contributed by atoms with E-state index in [0.717, 1.165) is 5.56 Å². The summed E-state index contributed by atoms with van der Waals surface area (Å²) >= 11 is 0. The lowest BCUT2D eigenvalue weighted by Crippen LogP contribution is -2.31. The molecular formula is C13H18FNO2. The largest absolute Gasteiger partial charge is 0.469 e. The Morgan fingerprint density at radius 3 is 2.76 bits per heavy atom. The number of rotatable bonds is 5. The van der Waals surface area contributed by atoms with Crippen LogP contribution in [-0.4, -0.2) is 19.1 Å². The lowest BCUT2D eigenvalue weighted by Gasteiger charge is -2.19. The molecule has 2 atom stereocenters. The van der Waals surface area contributed by atoms with Gasteiger partial charge in [0.15, 0.2) is 0 Å². The monoisotopic (exact) mass is 239 g/mol. The summed E-state index contributed by atoms with van der Waals surface area (Å²) in [6.07, 6.45) is 0.302. The Morgan fingerprint density at radius 2 is 2.18 bits per heavy atom. The number of hydrogen-bond acceptors (Lipinski definition) is 3. The van der Waals surface area contributed by atoms with Crippen LogP contribution in [0.4, 0.5) is 4.39 Å². The van der Waals surface area contributed by atoms with Crippen LogP contribution in [0.1, 0.15) is 31.9 Å². The van der Waals surface area contributed by atoms with Crippen LogP contribution in [0.25, 0.3) is 0 Å². The average molecular weight is 239 g/mol. The summed E-state index contributed by atoms with van der Waals surface area (Å²) in [7, 11) is 1.37. The number of ether oxygens (including phenoxy) is 1. The fourth-order valence-electron chi connectivity index (χ4n) is 1.69. The highest BCUT2D eigenvalue weighted by Gasteiger charge is 2.13. The second-order valence-corrected chi connectivity index (χ2v) is 4.12. The first kappa shape index (κ1) is 13.6. The first-order valence-electron chi connectivity index (χ1n) is 5.61. The van der Waals surface area contributed by atoms with E-state index >= 15 is 0 Å². The first-order valence-corrected chi connectivity index (χ1v) is 5.61. The van der Waals surface area contributed by atoms with Gasteiger partial charge in [0.2, 0.25) is 0 Å². The molecular weight excluding hydrogens is 221 g/mol. The number of methoxy groups -OCH3 is 1. The molecule has 0 amide bonds. The van der Waals surface area contributed by atoms with E-state index in [1.807, 2.05) is 19.9 Å². The lowest BCUT2D eigenvalue weighted by atomic mass is 10.1. The average Bonchev–Trinajstić information content (AvgIpc) is 2.28. The van der Waals surface area contributed by atoms with Crippen LogP contribution in [-0.2, 0) is 9.53 Å². The predicted octanol–water partition coefficient (Wildman–Crippen LogP) is 2.43. The third kappa shape index (κ3) is 4.53. The van der Waals surface area contributed by atoms with Crippen molar-refractivity contribution in [3.8, 4) is 0 Å². The van der Waals surface area contributed by atoms with Gasteiger partial charge in [0.05, 0.1) is 13.5 Å². The summed E-state index contributed by atoms with van der Waals surface area (Å²) in [4.78, 5) is 11.1. The molecule has 94 valence electrons. The number of hydrogen-bond donors (Lipinski definition) is 1. The summed E-state index contributed by atoms with van der Waals surface area (Å²) in [6.45, 7) is 3.83. The fraction of sp³-hybridized carbons (Fsp3) is 0.462. The molecule has 0 aliphatic carbocycles. The minimum absolute atomic E-state index is 0.00893. The summed E-state index contributed by atoms with van der Waals surface area (Å²) in [5.41, 5.74) is 0.863. The smallest absolute Gasteiger partial charge is 0.307 e. The zero-order valence-corrected chi connectivity index (χ0v) is 10.4. The van der Waals surface area contributed by atoms with E-state index in [1.54, 1.807) is 6.07 Å². The lowest BCUT2D eigenvalue weighted by molar-refractivity contribution is -0.141. The molecule has 0 radical (unpaired) electrons. The Hall–Kier alpha value is -1.42. The van der Waals surface area contributed by atoms with Crippen molar-refractivity contribution in [1.82, 2.24) is 5.32 Å². The second kappa shape index (κ2) is 6.35. The number of benzene rings is 1. The SMILES string of the molecule is COC(=O)CC(C)NC(C)c1cccc(F)c1. The number of carbonyl (C=O) groups is 1. The van der Waals surface area contributed by atoms with Crippen molar-refractivity contribution in [2.24, 2.45) is 0 Å². The molecule has 0 saturated heterocycles. The van der Waals surface area contributed by atoms with Crippen molar-refractivity contribution in [2.75, 3.05) is 7.11 Å². The Bertz CT molecular complexity index is 381. The van der Waals surface area contributed by atoms with Gasteiger partial charge >= 0.3 is 5.97 Å². The molecule has 17 heavy (non-hydrogen) atoms. The minimum atomic E-state index is -0.253. The van der Waals surface area contributed by atoms with Gasteiger partial charge in [-0.1, -0.05) is 12.1 Å². The minimum Gasteiger partial charge on any atom is -0.469 e. The predicted molar refractivity (Wildman–Crippen MR) is 64.0 cm³/mol. The van der Waals surface area contributed by atoms with E-state index in [1.165, 1.54) is 19.2 Å². The highest BCUT2D eigenvalue weighted by atomic mass is 19.1. The van der Waals surface area contributed by atoms with Gasteiger partial charge in [-0.2, -0.15) is 0 Å². The van der Waals surface area contributed by atoms with Crippen LogP contribution in [0.2, 0.25) is 0 Å². The Balaban J connectivity index is 2.54. The quantitative estimate of drug-likeness (QED) is 0.802. The number of esters is 1. The summed E-state index contributed by atoms with van der Waals surface area (Å²) in [5.74, 6) is -0.506. The van der Waals surface area contributed by atoms with E-state index in [9.17, 15) is 9.18 Å². The van der Waals surface area contributed by atoms with Crippen LogP contribution < -0.4 is 5.32 Å². The zero-order chi connectivity index (χ0) is 12.8. The summed E-state index contributed by atoms with van der Waals surface area (Å²) < 4.78 is 17.6. The van der Waals surface area contributed by atoms with Crippen LogP contribution in [0.5, 0.6) is 0 Å². The Morgan fingerprint density at radius 1 is 1.47 bits per heavy atom. The van der Waals surface area contributed by atoms with E-state index in [4.69, 9.17) is 0 Å². The first-order chi connectivity index (χ1) is 8.02. The van der Waals surface area contributed by atoms with Gasteiger partial charge in [-0.25, -0.2) is 4.39 Å². The molecule has 4 heteroatoms. The molecule has 0 fully saturated rings. The molecule has 1 aromatic rings. The second-order valence-electron chi connectivity index (χ2n) is 4.12. The highest BCUT2D eigenvalue weighted by Crippen LogP contribution is 2.14. The third-order valence-electron chi connectivity index (χ3n) is 2.58. The zero-order valence-electron chi connectivity index (χ0n) is 10.4. The molecule has 0 bridgehead atoms. The van der Waals surface area contributed by atoms with Gasteiger partial charge in [0.1, 0.15) is 5.82 Å². The van der Waals surface area contributed by atoms with E-state index < -0.39 is 0 Å². The van der Waals surface area contributed by atoms with Crippen LogP contribution in [0.15, 0.2) is 24.3 Å². The highest BCUT2D eigenvalue weighted by molar-refractivity contribution is 5.69. The van der Waals surface area contributed by atoms with Crippen molar-refractivity contribution in [2.45, 2.75) is 32.4 Å². The molecule has 0 heterocycles. The van der Waals surface area contributed by atoms with E-state index in [0.29, 0.717) is 6.42 Å². The van der Waals surface area contributed by atoms with Crippen molar-refractivity contribution >= 4 is 5.97 Å². The van der Waals surface area contributed by atoms with Gasteiger partial charge in [0.25, 0.3) is 0 Å². The maximum Gasteiger partial charge on any atom is 0.307 e. The van der Waals surface area contributed by atoms with Gasteiger partial charge in [0, 0.05) is 12.1 Å². The molecule has 0 spiro atoms. The van der Waals surface area contributed by atoms with Crippen molar-refractivity contribution in [3.05, 3.63) is 35.6 Å². The maximum atomic E-state index is 13.0. The molecule has 1 N–H and O–H groups in total. The topological polar surface area (TPSA) is 38.3 Å². The number of nitrogens with one attached hydrogen (secondary N) is 1. The number of carbonyl (C=O) groups excluding carboxylic acids is 1. The Labute approximate surface area is 101 Å². The summed E-state index contributed by atoms with van der Waals surface area (Å²) in [6, 6.07) is 6.40.